The summed E-state index contributed by atoms with van der Waals surface area (Å²) in [6.45, 7) is 0. The van der Waals surface area contributed by atoms with E-state index in [4.69, 9.17) is 27.6 Å². The summed E-state index contributed by atoms with van der Waals surface area (Å²) in [6.07, 6.45) is 1.24. The van der Waals surface area contributed by atoms with Crippen molar-refractivity contribution in [2.45, 2.75) is 0 Å². The topological polar surface area (TPSA) is 62.8 Å². The van der Waals surface area contributed by atoms with Gasteiger partial charge in [-0.25, -0.2) is 4.79 Å². The maximum absolute atomic E-state index is 11.9. The van der Waals surface area contributed by atoms with Crippen molar-refractivity contribution in [2.24, 2.45) is 4.99 Å². The molecule has 0 atom stereocenters. The Morgan fingerprint density at radius 2 is 1.86 bits per heavy atom. The van der Waals surface area contributed by atoms with Crippen LogP contribution in [0.5, 0.6) is 5.75 Å². The molecule has 0 aliphatic heterocycles. The van der Waals surface area contributed by atoms with Gasteiger partial charge in [0.1, 0.15) is 16.9 Å². The summed E-state index contributed by atoms with van der Waals surface area (Å²) in [5, 5.41) is 11.4. The summed E-state index contributed by atoms with van der Waals surface area (Å²) >= 11 is 11.7. The first-order chi connectivity index (χ1) is 10.6. The monoisotopic (exact) mass is 333 g/mol. The van der Waals surface area contributed by atoms with Crippen molar-refractivity contribution >= 4 is 46.1 Å². The van der Waals surface area contributed by atoms with Crippen molar-refractivity contribution in [1.29, 1.82) is 0 Å². The highest BCUT2D eigenvalue weighted by Crippen LogP contribution is 2.28. The number of para-hydroxylation sites is 1. The molecule has 22 heavy (non-hydrogen) atoms. The molecule has 0 saturated heterocycles. The van der Waals surface area contributed by atoms with Gasteiger partial charge in [0.05, 0.1) is 21.1 Å². The average molecular weight is 334 g/mol. The van der Waals surface area contributed by atoms with E-state index in [1.54, 1.807) is 42.5 Å². The number of nitrogens with zero attached hydrogens (tertiary/aromatic N) is 1. The van der Waals surface area contributed by atoms with Crippen molar-refractivity contribution < 1.29 is 9.52 Å². The van der Waals surface area contributed by atoms with E-state index in [9.17, 15) is 9.90 Å². The number of aliphatic imine (C=N–C) groups is 1. The predicted molar refractivity (Wildman–Crippen MR) is 87.9 cm³/mol. The summed E-state index contributed by atoms with van der Waals surface area (Å²) in [4.78, 5) is 16.1. The van der Waals surface area contributed by atoms with Gasteiger partial charge in [0, 0.05) is 6.21 Å². The molecule has 0 saturated carbocycles. The molecular formula is C16H9Cl2NO3. The first-order valence-electron chi connectivity index (χ1n) is 6.30. The first-order valence-corrected chi connectivity index (χ1v) is 7.06. The minimum Gasteiger partial charge on any atom is -0.506 e. The van der Waals surface area contributed by atoms with Crippen LogP contribution in [-0.2, 0) is 0 Å². The highest BCUT2D eigenvalue weighted by Gasteiger charge is 2.11. The molecule has 1 aromatic heterocycles. The zero-order valence-corrected chi connectivity index (χ0v) is 12.6. The largest absolute Gasteiger partial charge is 0.506 e. The molecule has 3 rings (SSSR count). The molecule has 2 aromatic carbocycles. The molecule has 6 heteroatoms. The number of fused-ring (bicyclic) bond motifs is 1. The van der Waals surface area contributed by atoms with E-state index in [1.165, 1.54) is 6.21 Å². The van der Waals surface area contributed by atoms with E-state index in [0.717, 1.165) is 0 Å². The van der Waals surface area contributed by atoms with Gasteiger partial charge < -0.3 is 9.52 Å². The van der Waals surface area contributed by atoms with E-state index in [0.29, 0.717) is 26.7 Å². The average Bonchev–Trinajstić information content (AvgIpc) is 2.50. The van der Waals surface area contributed by atoms with E-state index in [2.05, 4.69) is 4.99 Å². The highest BCUT2D eigenvalue weighted by molar-refractivity contribution is 6.42. The lowest BCUT2D eigenvalue weighted by Crippen LogP contribution is -2.06. The maximum atomic E-state index is 11.9. The van der Waals surface area contributed by atoms with Crippen molar-refractivity contribution in [3.8, 4) is 5.75 Å². The number of benzene rings is 2. The molecule has 0 bridgehead atoms. The van der Waals surface area contributed by atoms with Gasteiger partial charge in [-0.15, -0.1) is 0 Å². The Kier molecular flexibility index (Phi) is 3.88. The Bertz CT molecular complexity index is 948. The van der Waals surface area contributed by atoms with Crippen molar-refractivity contribution in [3.05, 3.63) is 68.5 Å². The summed E-state index contributed by atoms with van der Waals surface area (Å²) in [6, 6.07) is 11.5. The molecule has 0 aliphatic carbocycles. The lowest BCUT2D eigenvalue weighted by atomic mass is 10.1. The molecule has 1 heterocycles. The van der Waals surface area contributed by atoms with Crippen molar-refractivity contribution in [1.82, 2.24) is 0 Å². The Morgan fingerprint density at radius 3 is 2.64 bits per heavy atom. The molecule has 110 valence electrons. The standard InChI is InChI=1S/C16H9Cl2NO3/c17-12-6-5-9(7-13(12)18)19-8-11-15(20)10-3-1-2-4-14(10)22-16(11)21/h1-8,20H. The second-order valence-corrected chi connectivity index (χ2v) is 5.32. The van der Waals surface area contributed by atoms with Gasteiger partial charge in [-0.1, -0.05) is 35.3 Å². The minimum atomic E-state index is -0.667. The molecule has 0 aliphatic rings. The third kappa shape index (κ3) is 2.71. The van der Waals surface area contributed by atoms with Crippen LogP contribution >= 0.6 is 23.2 Å². The maximum Gasteiger partial charge on any atom is 0.348 e. The van der Waals surface area contributed by atoms with Gasteiger partial charge in [-0.05, 0) is 30.3 Å². The van der Waals surface area contributed by atoms with Crippen LogP contribution in [0.15, 0.2) is 56.7 Å². The molecule has 0 unspecified atom stereocenters. The Labute approximate surface area is 135 Å². The van der Waals surface area contributed by atoms with Crippen molar-refractivity contribution in [2.75, 3.05) is 0 Å². The number of aromatic hydroxyl groups is 1. The fourth-order valence-electron chi connectivity index (χ4n) is 1.97. The third-order valence-electron chi connectivity index (χ3n) is 3.07. The normalized spacial score (nSPS) is 11.4. The highest BCUT2D eigenvalue weighted by atomic mass is 35.5. The molecule has 1 N–H and O–H groups in total. The van der Waals surface area contributed by atoms with E-state index < -0.39 is 5.63 Å². The van der Waals surface area contributed by atoms with Crippen LogP contribution in [0.1, 0.15) is 5.56 Å². The second kappa shape index (κ2) is 5.83. The molecule has 4 nitrogen and oxygen atoms in total. The van der Waals surface area contributed by atoms with Gasteiger partial charge in [0.25, 0.3) is 0 Å². The van der Waals surface area contributed by atoms with Gasteiger partial charge in [0.2, 0.25) is 0 Å². The molecule has 0 fully saturated rings. The van der Waals surface area contributed by atoms with Gasteiger partial charge >= 0.3 is 5.63 Å². The lowest BCUT2D eigenvalue weighted by Gasteiger charge is -2.02. The lowest BCUT2D eigenvalue weighted by molar-refractivity contribution is 0.466. The Balaban J connectivity index is 2.08. The summed E-state index contributed by atoms with van der Waals surface area (Å²) < 4.78 is 5.15. The van der Waals surface area contributed by atoms with E-state index >= 15 is 0 Å². The van der Waals surface area contributed by atoms with E-state index in [-0.39, 0.29) is 11.3 Å². The van der Waals surface area contributed by atoms with Gasteiger partial charge in [-0.2, -0.15) is 0 Å². The summed E-state index contributed by atoms with van der Waals surface area (Å²) in [7, 11) is 0. The number of hydrogen-bond donors (Lipinski definition) is 1. The fourth-order valence-corrected chi connectivity index (χ4v) is 2.26. The van der Waals surface area contributed by atoms with Crippen LogP contribution in [0.25, 0.3) is 11.0 Å². The van der Waals surface area contributed by atoms with Crippen molar-refractivity contribution in [3.63, 3.8) is 0 Å². The van der Waals surface area contributed by atoms with Crippen LogP contribution < -0.4 is 5.63 Å². The van der Waals surface area contributed by atoms with Crippen LogP contribution in [0.4, 0.5) is 5.69 Å². The smallest absolute Gasteiger partial charge is 0.348 e. The second-order valence-electron chi connectivity index (χ2n) is 4.50. The quantitative estimate of drug-likeness (QED) is 0.552. The predicted octanol–water partition coefficient (Wildman–Crippen LogP) is 4.56. The Morgan fingerprint density at radius 1 is 1.09 bits per heavy atom. The summed E-state index contributed by atoms with van der Waals surface area (Å²) in [5.41, 5.74) is 0.128. The van der Waals surface area contributed by atoms with Gasteiger partial charge in [0.15, 0.2) is 0 Å². The number of hydrogen-bond acceptors (Lipinski definition) is 4. The fraction of sp³-hybridized carbons (Fsp3) is 0. The minimum absolute atomic E-state index is 0.0234. The van der Waals surface area contributed by atoms with Gasteiger partial charge in [-0.3, -0.25) is 4.99 Å². The van der Waals surface area contributed by atoms with Crippen LogP contribution in [-0.4, -0.2) is 11.3 Å². The molecule has 0 spiro atoms. The third-order valence-corrected chi connectivity index (χ3v) is 3.80. The number of halogens is 2. The zero-order valence-electron chi connectivity index (χ0n) is 11.1. The number of rotatable bonds is 2. The SMILES string of the molecule is O=c1oc2ccccc2c(O)c1C=Nc1ccc(Cl)c(Cl)c1. The van der Waals surface area contributed by atoms with Crippen LogP contribution in [0, 0.1) is 0 Å². The molecule has 0 radical (unpaired) electrons. The first kappa shape index (κ1) is 14.6. The van der Waals surface area contributed by atoms with Crippen LogP contribution in [0.2, 0.25) is 10.0 Å². The zero-order chi connectivity index (χ0) is 15.7. The van der Waals surface area contributed by atoms with E-state index in [1.807, 2.05) is 0 Å². The molecular weight excluding hydrogens is 325 g/mol. The molecule has 0 amide bonds. The Hall–Kier alpha value is -2.30. The van der Waals surface area contributed by atoms with Crippen LogP contribution in [0.3, 0.4) is 0 Å². The molecule has 3 aromatic rings. The summed E-state index contributed by atoms with van der Waals surface area (Å²) in [5.74, 6) is -0.171.